The van der Waals surface area contributed by atoms with Crippen LogP contribution in [0.2, 0.25) is 0 Å². The number of aromatic nitrogens is 2. The number of carbonyl (C=O) groups excluding carboxylic acids is 1. The van der Waals surface area contributed by atoms with Crippen LogP contribution >= 0.6 is 0 Å². The van der Waals surface area contributed by atoms with Gasteiger partial charge in [-0.1, -0.05) is 30.7 Å². The van der Waals surface area contributed by atoms with Gasteiger partial charge in [-0.25, -0.2) is 14.8 Å². The minimum absolute atomic E-state index is 0.133. The molecule has 0 atom stereocenters. The molecule has 2 heterocycles. The quantitative estimate of drug-likeness (QED) is 0.774. The monoisotopic (exact) mass is 379 g/mol. The fourth-order valence-corrected chi connectivity index (χ4v) is 4.52. The molecule has 148 valence electrons. The number of benzene rings is 1. The van der Waals surface area contributed by atoms with E-state index in [9.17, 15) is 4.79 Å². The van der Waals surface area contributed by atoms with E-state index in [-0.39, 0.29) is 11.4 Å². The maximum atomic E-state index is 11.8. The predicted molar refractivity (Wildman–Crippen MR) is 109 cm³/mol. The lowest BCUT2D eigenvalue weighted by Gasteiger charge is -2.42. The molecule has 1 aliphatic heterocycles. The lowest BCUT2D eigenvalue weighted by Crippen LogP contribution is -2.37. The van der Waals surface area contributed by atoms with Gasteiger partial charge in [-0.05, 0) is 62.7 Å². The van der Waals surface area contributed by atoms with Crippen LogP contribution in [0.1, 0.15) is 72.3 Å². The van der Waals surface area contributed by atoms with Crippen molar-refractivity contribution in [2.75, 3.05) is 19.7 Å². The highest BCUT2D eigenvalue weighted by Crippen LogP contribution is 2.46. The van der Waals surface area contributed by atoms with E-state index in [1.165, 1.54) is 43.2 Å². The van der Waals surface area contributed by atoms with Crippen LogP contribution in [0.3, 0.4) is 0 Å². The second-order valence-electron chi connectivity index (χ2n) is 8.07. The van der Waals surface area contributed by atoms with Crippen molar-refractivity contribution in [2.24, 2.45) is 0 Å². The Kier molecular flexibility index (Phi) is 5.72. The molecule has 5 heteroatoms. The second kappa shape index (κ2) is 8.39. The molecule has 0 radical (unpaired) electrons. The van der Waals surface area contributed by atoms with Gasteiger partial charge < -0.3 is 10.1 Å². The van der Waals surface area contributed by atoms with Gasteiger partial charge in [0.25, 0.3) is 0 Å². The summed E-state index contributed by atoms with van der Waals surface area (Å²) in [6.45, 7) is 4.38. The number of nitrogens with zero attached hydrogens (tertiary/aromatic N) is 2. The summed E-state index contributed by atoms with van der Waals surface area (Å²) >= 11 is 0. The molecule has 1 saturated heterocycles. The second-order valence-corrected chi connectivity index (χ2v) is 8.07. The van der Waals surface area contributed by atoms with E-state index in [1.54, 1.807) is 19.3 Å². The summed E-state index contributed by atoms with van der Waals surface area (Å²) < 4.78 is 5.02. The van der Waals surface area contributed by atoms with E-state index >= 15 is 0 Å². The van der Waals surface area contributed by atoms with E-state index in [1.807, 2.05) is 0 Å². The largest absolute Gasteiger partial charge is 0.462 e. The molecule has 1 aliphatic carbocycles. The van der Waals surface area contributed by atoms with Gasteiger partial charge in [-0.3, -0.25) is 0 Å². The van der Waals surface area contributed by atoms with E-state index in [2.05, 4.69) is 39.6 Å². The number of esters is 1. The van der Waals surface area contributed by atoms with Crippen molar-refractivity contribution < 1.29 is 9.53 Å². The minimum Gasteiger partial charge on any atom is -0.462 e. The molecule has 2 fully saturated rings. The Hall–Kier alpha value is -2.27. The van der Waals surface area contributed by atoms with Crippen LogP contribution in [-0.2, 0) is 16.6 Å². The highest BCUT2D eigenvalue weighted by atomic mass is 16.5. The highest BCUT2D eigenvalue weighted by Gasteiger charge is 2.39. The lowest BCUT2D eigenvalue weighted by atomic mass is 9.62. The standard InChI is InChI=1S/C23H29N3O2/c1-2-28-22(27)19-15-25-21(26-16-19)14-23(9-4-10-23)20-6-3-5-18(13-20)17-7-11-24-12-8-17/h3,5-6,13,15-17,24H,2,4,7-12,14H2,1H3. The molecule has 5 nitrogen and oxygen atoms in total. The van der Waals surface area contributed by atoms with Crippen LogP contribution in [0.4, 0.5) is 0 Å². The lowest BCUT2D eigenvalue weighted by molar-refractivity contribution is 0.0525. The summed E-state index contributed by atoms with van der Waals surface area (Å²) in [5, 5.41) is 3.46. The molecule has 0 spiro atoms. The van der Waals surface area contributed by atoms with Gasteiger partial charge in [0.1, 0.15) is 5.82 Å². The zero-order valence-electron chi connectivity index (χ0n) is 16.6. The van der Waals surface area contributed by atoms with Crippen LogP contribution < -0.4 is 5.32 Å². The summed E-state index contributed by atoms with van der Waals surface area (Å²) in [7, 11) is 0. The van der Waals surface area contributed by atoms with E-state index in [0.29, 0.717) is 18.1 Å². The zero-order chi connectivity index (χ0) is 19.4. The third-order valence-corrected chi connectivity index (χ3v) is 6.33. The Morgan fingerprint density at radius 2 is 1.96 bits per heavy atom. The van der Waals surface area contributed by atoms with Gasteiger partial charge in [0, 0.05) is 24.2 Å². The van der Waals surface area contributed by atoms with Crippen molar-refractivity contribution in [1.29, 1.82) is 0 Å². The molecule has 1 saturated carbocycles. The Morgan fingerprint density at radius 1 is 1.21 bits per heavy atom. The first-order valence-electron chi connectivity index (χ1n) is 10.5. The molecular formula is C23H29N3O2. The predicted octanol–water partition coefficient (Wildman–Crippen LogP) is 3.78. The molecule has 0 amide bonds. The van der Waals surface area contributed by atoms with Crippen molar-refractivity contribution in [3.8, 4) is 0 Å². The Balaban J connectivity index is 1.52. The summed E-state index contributed by atoms with van der Waals surface area (Å²) in [5.41, 5.74) is 3.45. The SMILES string of the molecule is CCOC(=O)c1cnc(CC2(c3cccc(C4CCNCC4)c3)CCC2)nc1. The third-order valence-electron chi connectivity index (χ3n) is 6.33. The first-order chi connectivity index (χ1) is 13.7. The summed E-state index contributed by atoms with van der Waals surface area (Å²) in [5.74, 6) is 1.11. The number of nitrogens with one attached hydrogen (secondary N) is 1. The average molecular weight is 380 g/mol. The smallest absolute Gasteiger partial charge is 0.341 e. The summed E-state index contributed by atoms with van der Waals surface area (Å²) in [4.78, 5) is 20.7. The molecule has 0 unspecified atom stereocenters. The maximum Gasteiger partial charge on any atom is 0.341 e. The van der Waals surface area contributed by atoms with Gasteiger partial charge in [0.15, 0.2) is 0 Å². The maximum absolute atomic E-state index is 11.8. The first-order valence-corrected chi connectivity index (χ1v) is 10.5. The third kappa shape index (κ3) is 3.95. The van der Waals surface area contributed by atoms with Gasteiger partial charge in [0.05, 0.1) is 12.2 Å². The normalized spacial score (nSPS) is 19.0. The van der Waals surface area contributed by atoms with E-state index in [4.69, 9.17) is 4.74 Å². The fraction of sp³-hybridized carbons (Fsp3) is 0.522. The Morgan fingerprint density at radius 3 is 2.61 bits per heavy atom. The van der Waals surface area contributed by atoms with Crippen LogP contribution in [0.25, 0.3) is 0 Å². The number of piperidine rings is 1. The van der Waals surface area contributed by atoms with Gasteiger partial charge in [-0.2, -0.15) is 0 Å². The topological polar surface area (TPSA) is 64.1 Å². The Bertz CT molecular complexity index is 809. The van der Waals surface area contributed by atoms with Crippen molar-refractivity contribution in [1.82, 2.24) is 15.3 Å². The van der Waals surface area contributed by atoms with Crippen molar-refractivity contribution >= 4 is 5.97 Å². The van der Waals surface area contributed by atoms with Crippen LogP contribution in [0, 0.1) is 0 Å². The summed E-state index contributed by atoms with van der Waals surface area (Å²) in [6.07, 6.45) is 10.0. The highest BCUT2D eigenvalue weighted by molar-refractivity contribution is 5.88. The molecule has 2 aliphatic rings. The number of carbonyl (C=O) groups is 1. The summed E-state index contributed by atoms with van der Waals surface area (Å²) in [6, 6.07) is 9.22. The van der Waals surface area contributed by atoms with Gasteiger partial charge >= 0.3 is 5.97 Å². The van der Waals surface area contributed by atoms with Crippen molar-refractivity contribution in [3.05, 3.63) is 59.2 Å². The van der Waals surface area contributed by atoms with Crippen LogP contribution in [0.5, 0.6) is 0 Å². The molecule has 0 bridgehead atoms. The average Bonchev–Trinajstić information content (AvgIpc) is 2.72. The molecule has 28 heavy (non-hydrogen) atoms. The molecule has 1 aromatic heterocycles. The fourth-order valence-electron chi connectivity index (χ4n) is 4.52. The number of hydrogen-bond donors (Lipinski definition) is 1. The van der Waals surface area contributed by atoms with Crippen LogP contribution in [-0.4, -0.2) is 35.6 Å². The van der Waals surface area contributed by atoms with Crippen molar-refractivity contribution in [3.63, 3.8) is 0 Å². The molecule has 1 N–H and O–H groups in total. The molecule has 2 aromatic rings. The van der Waals surface area contributed by atoms with E-state index < -0.39 is 0 Å². The number of hydrogen-bond acceptors (Lipinski definition) is 5. The minimum atomic E-state index is -0.359. The Labute approximate surface area is 166 Å². The molecule has 1 aromatic carbocycles. The molecular weight excluding hydrogens is 350 g/mol. The zero-order valence-corrected chi connectivity index (χ0v) is 16.6. The van der Waals surface area contributed by atoms with Gasteiger partial charge in [0.2, 0.25) is 0 Å². The van der Waals surface area contributed by atoms with Crippen molar-refractivity contribution in [2.45, 2.75) is 56.8 Å². The van der Waals surface area contributed by atoms with Crippen LogP contribution in [0.15, 0.2) is 36.7 Å². The van der Waals surface area contributed by atoms with E-state index in [0.717, 1.165) is 25.3 Å². The first kappa shape index (κ1) is 19.1. The number of ether oxygens (including phenoxy) is 1. The van der Waals surface area contributed by atoms with Gasteiger partial charge in [-0.15, -0.1) is 0 Å². The number of rotatable bonds is 6. The molecule has 4 rings (SSSR count).